The number of carbonyl (C=O) groups is 1. The fourth-order valence-corrected chi connectivity index (χ4v) is 4.80. The summed E-state index contributed by atoms with van der Waals surface area (Å²) in [5.41, 5.74) is 6.37. The number of benzene rings is 1. The van der Waals surface area contributed by atoms with Gasteiger partial charge in [-0.05, 0) is 49.4 Å². The molecule has 11 heteroatoms. The van der Waals surface area contributed by atoms with Crippen LogP contribution in [0.25, 0.3) is 11.3 Å². The van der Waals surface area contributed by atoms with E-state index in [9.17, 15) is 23.2 Å². The first-order chi connectivity index (χ1) is 16.7. The molecular formula is C24H21F3N4O3S. The Bertz CT molecular complexity index is 1300. The Morgan fingerprint density at radius 2 is 2.09 bits per heavy atom. The van der Waals surface area contributed by atoms with Gasteiger partial charge in [0.15, 0.2) is 5.17 Å². The molecule has 0 amide bonds. The number of carbonyl (C=O) groups excluding carboxylic acids is 1. The number of alkyl halides is 3. The maximum Gasteiger partial charge on any atom is 0.416 e. The van der Waals surface area contributed by atoms with Crippen molar-refractivity contribution in [1.82, 2.24) is 4.90 Å². The minimum atomic E-state index is -4.51. The van der Waals surface area contributed by atoms with Crippen LogP contribution in [-0.4, -0.2) is 22.6 Å². The van der Waals surface area contributed by atoms with E-state index < -0.39 is 23.8 Å². The van der Waals surface area contributed by atoms with Gasteiger partial charge < -0.3 is 14.9 Å². The van der Waals surface area contributed by atoms with Crippen LogP contribution >= 0.6 is 11.8 Å². The van der Waals surface area contributed by atoms with E-state index in [1.54, 1.807) is 13.0 Å². The topological polar surface area (TPSA) is 105 Å². The van der Waals surface area contributed by atoms with Gasteiger partial charge in [0.2, 0.25) is 0 Å². The number of esters is 1. The zero-order valence-electron chi connectivity index (χ0n) is 18.8. The first-order valence-electron chi connectivity index (χ1n) is 10.8. The van der Waals surface area contributed by atoms with Crippen molar-refractivity contribution in [3.8, 4) is 17.4 Å². The predicted octanol–water partition coefficient (Wildman–Crippen LogP) is 5.69. The highest BCUT2D eigenvalue weighted by Gasteiger charge is 2.44. The fraction of sp³-hybridized carbons (Fsp3) is 0.292. The van der Waals surface area contributed by atoms with Gasteiger partial charge in [0.05, 0.1) is 23.4 Å². The summed E-state index contributed by atoms with van der Waals surface area (Å²) < 4.78 is 51.0. The first-order valence-corrected chi connectivity index (χ1v) is 11.6. The quantitative estimate of drug-likeness (QED) is 0.506. The van der Waals surface area contributed by atoms with Crippen molar-refractivity contribution >= 4 is 22.9 Å². The van der Waals surface area contributed by atoms with Gasteiger partial charge in [0, 0.05) is 5.56 Å². The number of ether oxygens (including phenoxy) is 1. The van der Waals surface area contributed by atoms with Gasteiger partial charge in [0.25, 0.3) is 0 Å². The van der Waals surface area contributed by atoms with Crippen LogP contribution in [0.4, 0.5) is 13.2 Å². The molecular weight excluding hydrogens is 481 g/mol. The molecule has 2 aromatic rings. The van der Waals surface area contributed by atoms with Crippen molar-refractivity contribution < 1.29 is 27.1 Å². The van der Waals surface area contributed by atoms with E-state index in [4.69, 9.17) is 14.9 Å². The largest absolute Gasteiger partial charge is 0.463 e. The van der Waals surface area contributed by atoms with Crippen molar-refractivity contribution in [3.05, 3.63) is 69.7 Å². The zero-order valence-corrected chi connectivity index (χ0v) is 19.7. The van der Waals surface area contributed by atoms with E-state index in [1.807, 2.05) is 13.0 Å². The molecule has 0 radical (unpaired) electrons. The Hall–Kier alpha value is -3.65. The number of aliphatic imine (C=N–C) groups is 1. The van der Waals surface area contributed by atoms with Gasteiger partial charge in [-0.2, -0.15) is 18.4 Å². The van der Waals surface area contributed by atoms with Crippen molar-refractivity contribution in [2.75, 3.05) is 6.61 Å². The summed E-state index contributed by atoms with van der Waals surface area (Å²) in [6.45, 7) is 3.74. The average Bonchev–Trinajstić information content (AvgIpc) is 3.43. The van der Waals surface area contributed by atoms with Gasteiger partial charge in [-0.25, -0.2) is 9.79 Å². The number of hydrogen-bond acceptors (Lipinski definition) is 8. The van der Waals surface area contributed by atoms with Gasteiger partial charge in [-0.1, -0.05) is 25.5 Å². The van der Waals surface area contributed by atoms with Crippen LogP contribution in [0.3, 0.4) is 0 Å². The molecule has 0 saturated carbocycles. The number of nitriles is 1. The number of amidine groups is 1. The van der Waals surface area contributed by atoms with E-state index in [1.165, 1.54) is 23.1 Å². The van der Waals surface area contributed by atoms with E-state index >= 15 is 0 Å². The summed E-state index contributed by atoms with van der Waals surface area (Å²) in [6.07, 6.45) is -3.35. The van der Waals surface area contributed by atoms with Crippen LogP contribution in [0.15, 0.2) is 67.8 Å². The molecule has 7 nitrogen and oxygen atoms in total. The van der Waals surface area contributed by atoms with Crippen molar-refractivity contribution in [2.45, 2.75) is 38.9 Å². The maximum absolute atomic E-state index is 13.2. The van der Waals surface area contributed by atoms with Crippen LogP contribution in [0.2, 0.25) is 0 Å². The molecule has 2 aliphatic rings. The second kappa shape index (κ2) is 9.54. The molecule has 0 unspecified atom stereocenters. The van der Waals surface area contributed by atoms with Gasteiger partial charge in [-0.3, -0.25) is 4.90 Å². The first kappa shape index (κ1) is 24.5. The molecule has 0 fully saturated rings. The lowest BCUT2D eigenvalue weighted by Crippen LogP contribution is -2.38. The smallest absolute Gasteiger partial charge is 0.416 e. The second-order valence-electron chi connectivity index (χ2n) is 7.71. The van der Waals surface area contributed by atoms with Gasteiger partial charge in [0.1, 0.15) is 34.4 Å². The fourth-order valence-electron chi connectivity index (χ4n) is 3.91. The number of halogens is 3. The van der Waals surface area contributed by atoms with Crippen molar-refractivity contribution in [3.63, 3.8) is 0 Å². The lowest BCUT2D eigenvalue weighted by molar-refractivity contribution is -0.139. The Balaban J connectivity index is 1.85. The van der Waals surface area contributed by atoms with Gasteiger partial charge >= 0.3 is 12.1 Å². The molecule has 35 heavy (non-hydrogen) atoms. The van der Waals surface area contributed by atoms with E-state index in [0.29, 0.717) is 23.7 Å². The third kappa shape index (κ3) is 4.53. The van der Waals surface area contributed by atoms with Crippen LogP contribution in [0.5, 0.6) is 0 Å². The Morgan fingerprint density at radius 1 is 1.31 bits per heavy atom. The highest BCUT2D eigenvalue weighted by Crippen LogP contribution is 2.47. The SMILES string of the molecule is CCCC1=C(C(=O)OCC)[C@@H](c2ccc(-c3cccc(C(F)(F)F)c3)o2)N2C(=N1)SC(C#N)=C2N. The lowest BCUT2D eigenvalue weighted by atomic mass is 9.97. The number of rotatable bonds is 6. The molecule has 0 spiro atoms. The van der Waals surface area contributed by atoms with Crippen molar-refractivity contribution in [2.24, 2.45) is 10.7 Å². The average molecular weight is 503 g/mol. The van der Waals surface area contributed by atoms with Crippen molar-refractivity contribution in [1.29, 1.82) is 5.26 Å². The van der Waals surface area contributed by atoms with Crippen LogP contribution < -0.4 is 5.73 Å². The molecule has 1 atom stereocenters. The minimum absolute atomic E-state index is 0.107. The van der Waals surface area contributed by atoms with E-state index in [0.717, 1.165) is 23.9 Å². The maximum atomic E-state index is 13.2. The molecule has 182 valence electrons. The van der Waals surface area contributed by atoms with E-state index in [-0.39, 0.29) is 40.0 Å². The summed E-state index contributed by atoms with van der Waals surface area (Å²) in [5.74, 6) is -0.0610. The molecule has 4 rings (SSSR count). The summed E-state index contributed by atoms with van der Waals surface area (Å²) in [4.78, 5) is 19.4. The lowest BCUT2D eigenvalue weighted by Gasteiger charge is -2.33. The third-order valence-electron chi connectivity index (χ3n) is 5.42. The highest BCUT2D eigenvalue weighted by molar-refractivity contribution is 8.17. The highest BCUT2D eigenvalue weighted by atomic mass is 32.2. The number of allylic oxidation sites excluding steroid dienone is 2. The number of thioether (sulfide) groups is 1. The third-order valence-corrected chi connectivity index (χ3v) is 6.39. The summed E-state index contributed by atoms with van der Waals surface area (Å²) in [7, 11) is 0. The number of hydrogen-bond donors (Lipinski definition) is 1. The molecule has 1 aromatic carbocycles. The summed E-state index contributed by atoms with van der Waals surface area (Å²) in [5, 5.41) is 9.92. The van der Waals surface area contributed by atoms with Gasteiger partial charge in [-0.15, -0.1) is 0 Å². The molecule has 2 aliphatic heterocycles. The summed E-state index contributed by atoms with van der Waals surface area (Å²) in [6, 6.07) is 9.02. The number of furan rings is 1. The molecule has 0 saturated heterocycles. The molecule has 0 aliphatic carbocycles. The molecule has 0 bridgehead atoms. The van der Waals surface area contributed by atoms with Crippen LogP contribution in [0.1, 0.15) is 44.1 Å². The number of fused-ring (bicyclic) bond motifs is 1. The molecule has 1 aromatic heterocycles. The van der Waals surface area contributed by atoms with E-state index in [2.05, 4.69) is 4.99 Å². The second-order valence-corrected chi connectivity index (χ2v) is 8.68. The number of nitrogens with two attached hydrogens (primary N) is 1. The zero-order chi connectivity index (χ0) is 25.3. The monoisotopic (exact) mass is 502 g/mol. The van der Waals surface area contributed by atoms with Crippen LogP contribution in [0, 0.1) is 11.3 Å². The summed E-state index contributed by atoms with van der Waals surface area (Å²) >= 11 is 1.08. The normalized spacial score (nSPS) is 17.9. The molecule has 2 N–H and O–H groups in total. The Labute approximate surface area is 203 Å². The Morgan fingerprint density at radius 3 is 2.74 bits per heavy atom. The standard InChI is InChI=1S/C24H21F3N4O3S/c1-3-6-15-19(22(32)33-4-2)20(31-21(29)18(12-28)35-23(31)30-15)17-10-9-16(34-17)13-7-5-8-14(11-13)24(25,26)27/h5,7-11,20H,3-4,6,29H2,1-2H3/t20-/m1/s1. The predicted molar refractivity (Wildman–Crippen MR) is 124 cm³/mol. The number of nitrogens with zero attached hydrogens (tertiary/aromatic N) is 3. The molecule has 3 heterocycles. The van der Waals surface area contributed by atoms with Crippen LogP contribution in [-0.2, 0) is 15.7 Å². The Kier molecular flexibility index (Phi) is 6.67. The minimum Gasteiger partial charge on any atom is -0.463 e.